The predicted molar refractivity (Wildman–Crippen MR) is 109 cm³/mol. The first-order valence-corrected chi connectivity index (χ1v) is 9.50. The largest absolute Gasteiger partial charge is 0.493 e. The molecule has 11 heteroatoms. The van der Waals surface area contributed by atoms with E-state index in [9.17, 15) is 4.79 Å². The highest BCUT2D eigenvalue weighted by molar-refractivity contribution is 5.64. The third-order valence-corrected chi connectivity index (χ3v) is 3.59. The van der Waals surface area contributed by atoms with Crippen LogP contribution in [0.25, 0.3) is 0 Å². The maximum absolute atomic E-state index is 10.2. The average Bonchev–Trinajstić information content (AvgIpc) is 2.72. The summed E-state index contributed by atoms with van der Waals surface area (Å²) in [5, 5.41) is 10.6. The number of nitrogen functional groups attached to an aromatic ring is 1. The van der Waals surface area contributed by atoms with Crippen molar-refractivity contribution >= 4 is 11.8 Å². The Hall–Kier alpha value is -2.47. The molecule has 1 rings (SSSR count). The van der Waals surface area contributed by atoms with Crippen LogP contribution >= 0.6 is 0 Å². The highest BCUT2D eigenvalue weighted by Crippen LogP contribution is 2.39. The average molecular weight is 432 g/mol. The van der Waals surface area contributed by atoms with Crippen molar-refractivity contribution in [3.05, 3.63) is 12.1 Å². The minimum Gasteiger partial charge on any atom is -0.493 e. The van der Waals surface area contributed by atoms with Gasteiger partial charge < -0.3 is 49.3 Å². The fourth-order valence-electron chi connectivity index (χ4n) is 2.26. The lowest BCUT2D eigenvalue weighted by atomic mass is 10.2. The molecule has 0 aliphatic heterocycles. The van der Waals surface area contributed by atoms with Crippen molar-refractivity contribution in [1.82, 2.24) is 5.32 Å². The summed E-state index contributed by atoms with van der Waals surface area (Å²) in [6, 6.07) is 3.33. The van der Waals surface area contributed by atoms with E-state index >= 15 is 0 Å². The highest BCUT2D eigenvalue weighted by atomic mass is 16.6. The van der Waals surface area contributed by atoms with Crippen molar-refractivity contribution < 1.29 is 43.1 Å². The quantitative estimate of drug-likeness (QED) is 0.227. The van der Waals surface area contributed by atoms with Gasteiger partial charge in [0.2, 0.25) is 5.75 Å². The van der Waals surface area contributed by atoms with Gasteiger partial charge in [-0.3, -0.25) is 0 Å². The number of benzene rings is 1. The molecule has 0 bridgehead atoms. The Morgan fingerprint density at radius 3 is 1.83 bits per heavy atom. The zero-order valence-electron chi connectivity index (χ0n) is 17.5. The van der Waals surface area contributed by atoms with Gasteiger partial charge in [0.15, 0.2) is 11.5 Å². The van der Waals surface area contributed by atoms with Crippen molar-refractivity contribution in [3.8, 4) is 17.2 Å². The summed E-state index contributed by atoms with van der Waals surface area (Å²) < 4.78 is 37.5. The number of methoxy groups -OCH3 is 2. The molecule has 1 amide bonds. The lowest BCUT2D eigenvalue weighted by Gasteiger charge is -2.14. The van der Waals surface area contributed by atoms with Crippen LogP contribution in [0, 0.1) is 0 Å². The summed E-state index contributed by atoms with van der Waals surface area (Å²) >= 11 is 0. The van der Waals surface area contributed by atoms with E-state index in [0.717, 1.165) is 0 Å². The van der Waals surface area contributed by atoms with E-state index in [1.807, 2.05) is 0 Å². The minimum atomic E-state index is -1.06. The van der Waals surface area contributed by atoms with E-state index in [-0.39, 0.29) is 6.54 Å². The molecule has 4 N–H and O–H groups in total. The van der Waals surface area contributed by atoms with Gasteiger partial charge in [0.05, 0.1) is 67.1 Å². The number of anilines is 1. The molecule has 172 valence electrons. The van der Waals surface area contributed by atoms with Crippen molar-refractivity contribution in [1.29, 1.82) is 0 Å². The highest BCUT2D eigenvalue weighted by Gasteiger charge is 2.12. The summed E-state index contributed by atoms with van der Waals surface area (Å²) in [6.45, 7) is 3.85. The van der Waals surface area contributed by atoms with Gasteiger partial charge in [-0.1, -0.05) is 0 Å². The molecule has 1 aromatic rings. The Labute approximate surface area is 176 Å². The molecule has 0 saturated heterocycles. The number of nitrogens with two attached hydrogens (primary N) is 1. The molecule has 0 radical (unpaired) electrons. The first-order chi connectivity index (χ1) is 14.6. The Balaban J connectivity index is 1.95. The van der Waals surface area contributed by atoms with Gasteiger partial charge in [-0.05, 0) is 0 Å². The summed E-state index contributed by atoms with van der Waals surface area (Å²) in [4.78, 5) is 10.2. The second-order valence-electron chi connectivity index (χ2n) is 5.78. The fraction of sp³-hybridized carbons (Fsp3) is 0.632. The van der Waals surface area contributed by atoms with Crippen LogP contribution in [-0.4, -0.2) is 91.4 Å². The van der Waals surface area contributed by atoms with Crippen LogP contribution < -0.4 is 25.3 Å². The number of hydrogen-bond donors (Lipinski definition) is 3. The summed E-state index contributed by atoms with van der Waals surface area (Å²) in [6.07, 6.45) is -1.06. The molecule has 30 heavy (non-hydrogen) atoms. The zero-order chi connectivity index (χ0) is 22.0. The predicted octanol–water partition coefficient (Wildman–Crippen LogP) is 0.999. The van der Waals surface area contributed by atoms with Crippen LogP contribution in [0.3, 0.4) is 0 Å². The van der Waals surface area contributed by atoms with Gasteiger partial charge in [-0.2, -0.15) is 0 Å². The SMILES string of the molecule is COc1cc(N)cc(OCCOCCOCCOCCOCCNC(=O)O)c1OC. The van der Waals surface area contributed by atoms with Crippen LogP contribution in [0.5, 0.6) is 17.2 Å². The van der Waals surface area contributed by atoms with E-state index < -0.39 is 6.09 Å². The van der Waals surface area contributed by atoms with E-state index in [1.54, 1.807) is 12.1 Å². The Morgan fingerprint density at radius 1 is 0.833 bits per heavy atom. The molecule has 0 saturated carbocycles. The normalized spacial score (nSPS) is 10.6. The first-order valence-electron chi connectivity index (χ1n) is 9.50. The molecule has 0 atom stereocenters. The molecule has 0 unspecified atom stereocenters. The molecule has 0 aromatic heterocycles. The topological polar surface area (TPSA) is 140 Å². The molecule has 0 spiro atoms. The van der Waals surface area contributed by atoms with E-state index in [2.05, 4.69) is 5.32 Å². The zero-order valence-corrected chi connectivity index (χ0v) is 17.5. The van der Waals surface area contributed by atoms with E-state index in [4.69, 9.17) is 44.0 Å². The number of carbonyl (C=O) groups is 1. The summed E-state index contributed by atoms with van der Waals surface area (Å²) in [5.41, 5.74) is 6.34. The minimum absolute atomic E-state index is 0.255. The van der Waals surface area contributed by atoms with Crippen LogP contribution in [0.15, 0.2) is 12.1 Å². The number of carboxylic acid groups (broad SMARTS) is 1. The first kappa shape index (κ1) is 25.6. The Kier molecular flexibility index (Phi) is 13.9. The lowest BCUT2D eigenvalue weighted by molar-refractivity contribution is -0.00428. The van der Waals surface area contributed by atoms with Gasteiger partial charge in [0.1, 0.15) is 6.61 Å². The van der Waals surface area contributed by atoms with Gasteiger partial charge in [0, 0.05) is 24.4 Å². The van der Waals surface area contributed by atoms with Crippen LogP contribution in [0.1, 0.15) is 0 Å². The number of hydrogen-bond acceptors (Lipinski definition) is 9. The third-order valence-electron chi connectivity index (χ3n) is 3.59. The molecule has 0 aliphatic rings. The monoisotopic (exact) mass is 432 g/mol. The van der Waals surface area contributed by atoms with Crippen LogP contribution in [-0.2, 0) is 18.9 Å². The molecular weight excluding hydrogens is 400 g/mol. The second kappa shape index (κ2) is 16.3. The Bertz CT molecular complexity index is 602. The molecule has 0 aliphatic carbocycles. The van der Waals surface area contributed by atoms with Crippen molar-refractivity contribution in [2.24, 2.45) is 0 Å². The summed E-state index contributed by atoms with van der Waals surface area (Å²) in [7, 11) is 3.07. The van der Waals surface area contributed by atoms with Crippen LogP contribution in [0.4, 0.5) is 10.5 Å². The standard InChI is InChI=1S/C19H32N2O9/c1-24-16-13-15(20)14-17(18(16)25-2)30-12-11-29-10-9-28-8-7-27-6-5-26-4-3-21-19(22)23/h13-14,21H,3-12,20H2,1-2H3,(H,22,23). The van der Waals surface area contributed by atoms with Crippen molar-refractivity contribution in [3.63, 3.8) is 0 Å². The number of rotatable bonds is 18. The lowest BCUT2D eigenvalue weighted by Crippen LogP contribution is -2.25. The molecule has 0 heterocycles. The number of amides is 1. The number of ether oxygens (including phenoxy) is 7. The van der Waals surface area contributed by atoms with Crippen LogP contribution in [0.2, 0.25) is 0 Å². The van der Waals surface area contributed by atoms with E-state index in [0.29, 0.717) is 82.4 Å². The maximum Gasteiger partial charge on any atom is 0.404 e. The van der Waals surface area contributed by atoms with Crippen molar-refractivity contribution in [2.75, 3.05) is 86.0 Å². The number of nitrogens with one attached hydrogen (secondary N) is 1. The molecule has 1 aromatic carbocycles. The molecule has 0 fully saturated rings. The Morgan fingerprint density at radius 2 is 1.33 bits per heavy atom. The smallest absolute Gasteiger partial charge is 0.404 e. The molecular formula is C19H32N2O9. The van der Waals surface area contributed by atoms with E-state index in [1.165, 1.54) is 14.2 Å². The van der Waals surface area contributed by atoms with Gasteiger partial charge >= 0.3 is 6.09 Å². The third kappa shape index (κ3) is 11.5. The van der Waals surface area contributed by atoms with Gasteiger partial charge in [0.25, 0.3) is 0 Å². The maximum atomic E-state index is 10.2. The second-order valence-corrected chi connectivity index (χ2v) is 5.78. The fourth-order valence-corrected chi connectivity index (χ4v) is 2.26. The van der Waals surface area contributed by atoms with Gasteiger partial charge in [-0.15, -0.1) is 0 Å². The summed E-state index contributed by atoms with van der Waals surface area (Å²) in [5.74, 6) is 1.48. The van der Waals surface area contributed by atoms with Gasteiger partial charge in [-0.25, -0.2) is 4.79 Å². The molecule has 11 nitrogen and oxygen atoms in total. The van der Waals surface area contributed by atoms with Crippen molar-refractivity contribution in [2.45, 2.75) is 0 Å².